The molecule has 4 nitrogen and oxygen atoms in total. The molecule has 0 bridgehead atoms. The van der Waals surface area contributed by atoms with Gasteiger partial charge in [0.15, 0.2) is 11.5 Å². The Morgan fingerprint density at radius 3 is 2.36 bits per heavy atom. The Labute approximate surface area is 140 Å². The van der Waals surface area contributed by atoms with Crippen LogP contribution in [-0.2, 0) is 10.3 Å². The molecule has 2 rings (SSSR count). The minimum absolute atomic E-state index is 0.267. The summed E-state index contributed by atoms with van der Waals surface area (Å²) in [5.41, 5.74) is 1.69. The molecule has 5 heteroatoms. The Morgan fingerprint density at radius 1 is 1.27 bits per heavy atom. The number of carbonyl (C=O) groups excluding carboxylic acids is 1. The van der Waals surface area contributed by atoms with Gasteiger partial charge in [0.2, 0.25) is 6.08 Å². The highest BCUT2D eigenvalue weighted by molar-refractivity contribution is 9.10. The first-order valence-electron chi connectivity index (χ1n) is 7.54. The van der Waals surface area contributed by atoms with Crippen LogP contribution >= 0.6 is 15.9 Å². The molecule has 1 fully saturated rings. The lowest BCUT2D eigenvalue weighted by atomic mass is 9.82. The van der Waals surface area contributed by atoms with Crippen molar-refractivity contribution in [3.8, 4) is 11.5 Å². The third-order valence-corrected chi connectivity index (χ3v) is 5.21. The second kappa shape index (κ2) is 6.84. The van der Waals surface area contributed by atoms with Gasteiger partial charge in [0.25, 0.3) is 0 Å². The molecule has 1 aliphatic carbocycles. The molecule has 0 amide bonds. The van der Waals surface area contributed by atoms with Crippen LogP contribution in [0.4, 0.5) is 0 Å². The summed E-state index contributed by atoms with van der Waals surface area (Å²) in [5, 5.41) is 0. The largest absolute Gasteiger partial charge is 0.493 e. The molecule has 0 atom stereocenters. The number of benzene rings is 1. The summed E-state index contributed by atoms with van der Waals surface area (Å²) < 4.78 is 11.8. The third-order valence-electron chi connectivity index (χ3n) is 4.42. The number of aliphatic imine (C=N–C) groups is 1. The van der Waals surface area contributed by atoms with Crippen molar-refractivity contribution in [3.05, 3.63) is 21.7 Å². The van der Waals surface area contributed by atoms with E-state index in [1.165, 1.54) is 0 Å². The minimum Gasteiger partial charge on any atom is -0.493 e. The number of isocyanates is 1. The summed E-state index contributed by atoms with van der Waals surface area (Å²) in [6, 6.07) is 1.98. The van der Waals surface area contributed by atoms with Gasteiger partial charge in [0.05, 0.1) is 24.2 Å². The number of methoxy groups -OCH3 is 2. The Hall–Kier alpha value is -1.32. The summed E-state index contributed by atoms with van der Waals surface area (Å²) in [6.45, 7) is 4.26. The molecule has 0 unspecified atom stereocenters. The zero-order valence-electron chi connectivity index (χ0n) is 13.5. The molecular formula is C17H22BrNO3. The van der Waals surface area contributed by atoms with E-state index in [4.69, 9.17) is 9.47 Å². The summed E-state index contributed by atoms with van der Waals surface area (Å²) in [7, 11) is 3.24. The highest BCUT2D eigenvalue weighted by Gasteiger charge is 2.39. The van der Waals surface area contributed by atoms with E-state index in [0.29, 0.717) is 11.5 Å². The Bertz CT molecular complexity index is 600. The van der Waals surface area contributed by atoms with Crippen LogP contribution in [0.1, 0.15) is 56.6 Å². The maximum atomic E-state index is 11.0. The first-order chi connectivity index (χ1) is 10.5. The molecule has 120 valence electrons. The van der Waals surface area contributed by atoms with Crippen LogP contribution in [0, 0.1) is 0 Å². The van der Waals surface area contributed by atoms with Crippen molar-refractivity contribution in [1.29, 1.82) is 0 Å². The molecule has 1 aliphatic rings. The molecule has 0 N–H and O–H groups in total. The molecule has 0 radical (unpaired) electrons. The average Bonchev–Trinajstić information content (AvgIpc) is 2.95. The van der Waals surface area contributed by atoms with Crippen LogP contribution in [0.25, 0.3) is 0 Å². The zero-order valence-corrected chi connectivity index (χ0v) is 15.1. The number of hydrogen-bond acceptors (Lipinski definition) is 4. The van der Waals surface area contributed by atoms with Gasteiger partial charge < -0.3 is 9.47 Å². The molecule has 1 aromatic rings. The number of nitrogens with zero attached hydrogens (tertiary/aromatic N) is 1. The summed E-state index contributed by atoms with van der Waals surface area (Å²) in [5.74, 6) is 1.60. The van der Waals surface area contributed by atoms with Gasteiger partial charge in [0.1, 0.15) is 0 Å². The number of ether oxygens (including phenoxy) is 2. The second-order valence-corrected chi connectivity index (χ2v) is 6.78. The summed E-state index contributed by atoms with van der Waals surface area (Å²) >= 11 is 3.66. The second-order valence-electron chi connectivity index (χ2n) is 5.98. The fourth-order valence-corrected chi connectivity index (χ4v) is 4.43. The first-order valence-corrected chi connectivity index (χ1v) is 8.34. The lowest BCUT2D eigenvalue weighted by Crippen LogP contribution is -2.22. The summed E-state index contributed by atoms with van der Waals surface area (Å²) in [4.78, 5) is 15.2. The van der Waals surface area contributed by atoms with Crippen molar-refractivity contribution in [2.75, 3.05) is 14.2 Å². The molecule has 0 heterocycles. The van der Waals surface area contributed by atoms with Crippen LogP contribution in [0.3, 0.4) is 0 Å². The number of rotatable bonds is 5. The van der Waals surface area contributed by atoms with Gasteiger partial charge in [0, 0.05) is 0 Å². The molecule has 0 aromatic heterocycles. The Kier molecular flexibility index (Phi) is 5.30. The van der Waals surface area contributed by atoms with E-state index in [1.807, 2.05) is 6.07 Å². The normalized spacial score (nSPS) is 16.5. The fourth-order valence-electron chi connectivity index (χ4n) is 3.40. The van der Waals surface area contributed by atoms with Gasteiger partial charge in [-0.15, -0.1) is 0 Å². The highest BCUT2D eigenvalue weighted by Crippen LogP contribution is 2.51. The number of hydrogen-bond donors (Lipinski definition) is 0. The predicted octanol–water partition coefficient (Wildman–Crippen LogP) is 4.69. The van der Waals surface area contributed by atoms with Crippen molar-refractivity contribution in [1.82, 2.24) is 0 Å². The van der Waals surface area contributed by atoms with Crippen molar-refractivity contribution >= 4 is 22.0 Å². The van der Waals surface area contributed by atoms with E-state index in [1.54, 1.807) is 20.3 Å². The smallest absolute Gasteiger partial charge is 0.235 e. The van der Waals surface area contributed by atoms with Crippen molar-refractivity contribution in [2.24, 2.45) is 4.99 Å². The maximum Gasteiger partial charge on any atom is 0.235 e. The molecule has 1 aromatic carbocycles. The molecule has 0 spiro atoms. The quantitative estimate of drug-likeness (QED) is 0.559. The van der Waals surface area contributed by atoms with E-state index in [-0.39, 0.29) is 5.92 Å². The first kappa shape index (κ1) is 17.0. The minimum atomic E-state index is -0.483. The van der Waals surface area contributed by atoms with Crippen LogP contribution in [0.15, 0.2) is 15.5 Å². The van der Waals surface area contributed by atoms with Gasteiger partial charge in [-0.05, 0) is 51.9 Å². The maximum absolute atomic E-state index is 11.0. The molecule has 0 saturated heterocycles. The average molecular weight is 368 g/mol. The molecule has 0 aliphatic heterocycles. The third kappa shape index (κ3) is 2.80. The standard InChI is InChI=1S/C17H22BrNO3/c1-11(2)14-12(17(19-10-20)7-5-6-8-17)9-13(21-3)16(22-4)15(14)18/h9,11H,5-8H2,1-4H3. The van der Waals surface area contributed by atoms with E-state index in [9.17, 15) is 4.79 Å². The van der Waals surface area contributed by atoms with E-state index in [2.05, 4.69) is 34.8 Å². The van der Waals surface area contributed by atoms with Crippen LogP contribution < -0.4 is 9.47 Å². The van der Waals surface area contributed by atoms with Gasteiger partial charge in [-0.1, -0.05) is 26.7 Å². The van der Waals surface area contributed by atoms with E-state index < -0.39 is 5.54 Å². The highest BCUT2D eigenvalue weighted by atomic mass is 79.9. The topological polar surface area (TPSA) is 47.9 Å². The predicted molar refractivity (Wildman–Crippen MR) is 89.6 cm³/mol. The summed E-state index contributed by atoms with van der Waals surface area (Å²) in [6.07, 6.45) is 5.65. The van der Waals surface area contributed by atoms with Gasteiger partial charge in [-0.2, -0.15) is 4.99 Å². The zero-order chi connectivity index (χ0) is 16.3. The molecule has 22 heavy (non-hydrogen) atoms. The Morgan fingerprint density at radius 2 is 1.91 bits per heavy atom. The molecular weight excluding hydrogens is 346 g/mol. The fraction of sp³-hybridized carbons (Fsp3) is 0.588. The van der Waals surface area contributed by atoms with E-state index >= 15 is 0 Å². The lowest BCUT2D eigenvalue weighted by molar-refractivity contribution is 0.349. The molecule has 1 saturated carbocycles. The van der Waals surface area contributed by atoms with Gasteiger partial charge >= 0.3 is 0 Å². The monoisotopic (exact) mass is 367 g/mol. The number of halogens is 1. The van der Waals surface area contributed by atoms with Crippen molar-refractivity contribution < 1.29 is 14.3 Å². The van der Waals surface area contributed by atoms with Crippen LogP contribution in [0.5, 0.6) is 11.5 Å². The van der Waals surface area contributed by atoms with Gasteiger partial charge in [-0.3, -0.25) is 0 Å². The van der Waals surface area contributed by atoms with Crippen LogP contribution in [0.2, 0.25) is 0 Å². The Balaban J connectivity index is 2.78. The lowest BCUT2D eigenvalue weighted by Gasteiger charge is -2.29. The van der Waals surface area contributed by atoms with Crippen molar-refractivity contribution in [2.45, 2.75) is 51.0 Å². The van der Waals surface area contributed by atoms with Gasteiger partial charge in [-0.25, -0.2) is 4.79 Å². The SMILES string of the molecule is COc1cc(C2(N=C=O)CCCC2)c(C(C)C)c(Br)c1OC. The van der Waals surface area contributed by atoms with E-state index in [0.717, 1.165) is 41.3 Å². The van der Waals surface area contributed by atoms with Crippen LogP contribution in [-0.4, -0.2) is 20.3 Å². The van der Waals surface area contributed by atoms with Crippen molar-refractivity contribution in [3.63, 3.8) is 0 Å².